The zero-order chi connectivity index (χ0) is 24.7. The minimum Gasteiger partial charge on any atom is -0.488 e. The van der Waals surface area contributed by atoms with Crippen molar-refractivity contribution in [3.05, 3.63) is 55.5 Å². The van der Waals surface area contributed by atoms with Crippen molar-refractivity contribution in [3.8, 4) is 11.5 Å². The number of aliphatic hydroxyl groups excluding tert-OH is 2. The molecule has 184 valence electrons. The van der Waals surface area contributed by atoms with Crippen molar-refractivity contribution < 1.29 is 19.7 Å². The molecule has 0 aliphatic heterocycles. The van der Waals surface area contributed by atoms with E-state index in [1.54, 1.807) is 24.3 Å². The van der Waals surface area contributed by atoms with Crippen LogP contribution in [0.5, 0.6) is 11.5 Å². The second kappa shape index (κ2) is 13.2. The van der Waals surface area contributed by atoms with Gasteiger partial charge in [-0.2, -0.15) is 0 Å². The van der Waals surface area contributed by atoms with Crippen molar-refractivity contribution >= 4 is 46.4 Å². The van der Waals surface area contributed by atoms with Gasteiger partial charge in [-0.3, -0.25) is 0 Å². The summed E-state index contributed by atoms with van der Waals surface area (Å²) in [5.74, 6) is 0.659. The van der Waals surface area contributed by atoms with Crippen molar-refractivity contribution in [2.45, 2.75) is 18.6 Å². The molecule has 0 fully saturated rings. The minimum atomic E-state index is -0.666. The zero-order valence-corrected chi connectivity index (χ0v) is 22.1. The molecular weight excluding hydrogens is 510 g/mol. The Bertz CT molecular complexity index is 808. The average molecular weight is 540 g/mol. The van der Waals surface area contributed by atoms with Crippen molar-refractivity contribution in [2.75, 3.05) is 54.5 Å². The molecule has 2 aromatic rings. The fourth-order valence-corrected chi connectivity index (χ4v) is 4.53. The summed E-state index contributed by atoms with van der Waals surface area (Å²) in [5.41, 5.74) is 1.68. The van der Waals surface area contributed by atoms with Gasteiger partial charge >= 0.3 is 0 Å². The molecule has 2 rings (SSSR count). The summed E-state index contributed by atoms with van der Waals surface area (Å²) >= 11 is 25.5. The van der Waals surface area contributed by atoms with Crippen molar-refractivity contribution in [1.29, 1.82) is 0 Å². The van der Waals surface area contributed by atoms with E-state index in [1.165, 1.54) is 0 Å². The molecule has 2 atom stereocenters. The van der Waals surface area contributed by atoms with E-state index in [9.17, 15) is 10.2 Å². The Hall–Kier alpha value is -0.960. The first-order valence-electron chi connectivity index (χ1n) is 10.3. The van der Waals surface area contributed by atoms with Crippen LogP contribution in [-0.2, 0) is 6.42 Å². The van der Waals surface area contributed by atoms with E-state index in [0.717, 1.165) is 11.1 Å². The van der Waals surface area contributed by atoms with Crippen LogP contribution in [0.25, 0.3) is 0 Å². The molecule has 0 saturated heterocycles. The molecule has 0 bridgehead atoms. The maximum Gasteiger partial charge on any atom is 0.156 e. The SMILES string of the molecule is CN(C)C[C@H](O)COc1c(Cl)cc(Cc2cc(Cl)c(OC[C@@H](O)CN(C)C)c(Cl)c2)cc1Cl. The average Bonchev–Trinajstić information content (AvgIpc) is 2.65. The number of hydrogen-bond donors (Lipinski definition) is 2. The molecule has 0 saturated carbocycles. The third-order valence-electron chi connectivity index (χ3n) is 4.52. The van der Waals surface area contributed by atoms with Gasteiger partial charge in [0.2, 0.25) is 0 Å². The largest absolute Gasteiger partial charge is 0.488 e. The van der Waals surface area contributed by atoms with E-state index in [1.807, 2.05) is 38.0 Å². The quantitative estimate of drug-likeness (QED) is 0.414. The lowest BCUT2D eigenvalue weighted by Crippen LogP contribution is -2.30. The first-order valence-corrected chi connectivity index (χ1v) is 11.8. The number of rotatable bonds is 12. The molecule has 2 N–H and O–H groups in total. The van der Waals surface area contributed by atoms with Gasteiger partial charge in [-0.1, -0.05) is 46.4 Å². The highest BCUT2D eigenvalue weighted by atomic mass is 35.5. The molecule has 0 aromatic heterocycles. The fraction of sp³-hybridized carbons (Fsp3) is 0.478. The summed E-state index contributed by atoms with van der Waals surface area (Å²) in [5, 5.41) is 21.4. The molecule has 33 heavy (non-hydrogen) atoms. The van der Waals surface area contributed by atoms with Crippen LogP contribution >= 0.6 is 46.4 Å². The number of likely N-dealkylation sites (N-methyl/N-ethyl adjacent to an activating group) is 2. The Morgan fingerprint density at radius 1 is 0.667 bits per heavy atom. The highest BCUT2D eigenvalue weighted by Crippen LogP contribution is 2.37. The maximum atomic E-state index is 9.99. The molecule has 0 aliphatic carbocycles. The fourth-order valence-electron chi connectivity index (χ4n) is 3.25. The molecule has 2 aromatic carbocycles. The topological polar surface area (TPSA) is 65.4 Å². The number of halogens is 4. The van der Waals surface area contributed by atoms with E-state index in [0.29, 0.717) is 51.1 Å². The Morgan fingerprint density at radius 2 is 0.970 bits per heavy atom. The van der Waals surface area contributed by atoms with E-state index >= 15 is 0 Å². The number of nitrogens with zero attached hydrogens (tertiary/aromatic N) is 2. The van der Waals surface area contributed by atoms with Crippen LogP contribution < -0.4 is 9.47 Å². The van der Waals surface area contributed by atoms with Crippen LogP contribution in [0.3, 0.4) is 0 Å². The predicted octanol–water partition coefficient (Wildman–Crippen LogP) is 4.49. The van der Waals surface area contributed by atoms with Crippen LogP contribution in [0.4, 0.5) is 0 Å². The lowest BCUT2D eigenvalue weighted by atomic mass is 10.0. The smallest absolute Gasteiger partial charge is 0.156 e. The summed E-state index contributed by atoms with van der Waals surface area (Å²) in [6, 6.07) is 7.02. The van der Waals surface area contributed by atoms with E-state index in [2.05, 4.69) is 0 Å². The lowest BCUT2D eigenvalue weighted by Gasteiger charge is -2.18. The molecule has 6 nitrogen and oxygen atoms in total. The monoisotopic (exact) mass is 538 g/mol. The zero-order valence-electron chi connectivity index (χ0n) is 19.1. The second-order valence-corrected chi connectivity index (χ2v) is 10.0. The Labute approximate surface area is 215 Å². The molecule has 0 spiro atoms. The number of ether oxygens (including phenoxy) is 2. The highest BCUT2D eigenvalue weighted by molar-refractivity contribution is 6.38. The standard InChI is InChI=1S/C23H30Cl4N2O4/c1-28(2)10-16(30)12-32-22-18(24)6-14(7-19(22)25)5-15-8-20(26)23(21(27)9-15)33-13-17(31)11-29(3)4/h6-9,16-17,30-31H,5,10-13H2,1-4H3/t16-,17-/m0/s1. The molecular formula is C23H30Cl4N2O4. The minimum absolute atomic E-state index is 0.0763. The van der Waals surface area contributed by atoms with Gasteiger partial charge in [-0.15, -0.1) is 0 Å². The molecule has 0 unspecified atom stereocenters. The van der Waals surface area contributed by atoms with Gasteiger partial charge in [0.15, 0.2) is 11.5 Å². The first kappa shape index (κ1) is 28.3. The van der Waals surface area contributed by atoms with Crippen LogP contribution in [0.1, 0.15) is 11.1 Å². The van der Waals surface area contributed by atoms with Gasteiger partial charge in [0.1, 0.15) is 25.4 Å². The Balaban J connectivity index is 2.08. The summed E-state index contributed by atoms with van der Waals surface area (Å²) in [4.78, 5) is 3.72. The van der Waals surface area contributed by atoms with Crippen molar-refractivity contribution in [1.82, 2.24) is 9.80 Å². The molecule has 0 radical (unpaired) electrons. The molecule has 0 aliphatic rings. The van der Waals surface area contributed by atoms with Crippen LogP contribution in [0.15, 0.2) is 24.3 Å². The van der Waals surface area contributed by atoms with Crippen LogP contribution in [0.2, 0.25) is 20.1 Å². The summed E-state index contributed by atoms with van der Waals surface area (Å²) in [6.45, 7) is 1.08. The van der Waals surface area contributed by atoms with Gasteiger partial charge in [-0.05, 0) is 70.0 Å². The predicted molar refractivity (Wildman–Crippen MR) is 136 cm³/mol. The molecule has 0 heterocycles. The van der Waals surface area contributed by atoms with Crippen LogP contribution in [0, 0.1) is 0 Å². The summed E-state index contributed by atoms with van der Waals surface area (Å²) in [7, 11) is 7.46. The van der Waals surface area contributed by atoms with Crippen molar-refractivity contribution in [3.63, 3.8) is 0 Å². The normalized spacial score (nSPS) is 13.5. The van der Waals surface area contributed by atoms with Crippen LogP contribution in [-0.4, -0.2) is 86.7 Å². The third kappa shape index (κ3) is 9.30. The van der Waals surface area contributed by atoms with E-state index in [4.69, 9.17) is 55.9 Å². The Morgan fingerprint density at radius 3 is 1.24 bits per heavy atom. The summed E-state index contributed by atoms with van der Waals surface area (Å²) in [6.07, 6.45) is -0.854. The van der Waals surface area contributed by atoms with Gasteiger partial charge in [-0.25, -0.2) is 0 Å². The highest BCUT2D eigenvalue weighted by Gasteiger charge is 2.16. The van der Waals surface area contributed by atoms with E-state index < -0.39 is 12.2 Å². The van der Waals surface area contributed by atoms with Gasteiger partial charge < -0.3 is 29.5 Å². The molecule has 0 amide bonds. The van der Waals surface area contributed by atoms with Gasteiger partial charge in [0, 0.05) is 13.1 Å². The van der Waals surface area contributed by atoms with Gasteiger partial charge in [0.05, 0.1) is 20.1 Å². The Kier molecular flexibility index (Phi) is 11.3. The summed E-state index contributed by atoms with van der Waals surface area (Å²) < 4.78 is 11.3. The first-order chi connectivity index (χ1) is 15.5. The maximum absolute atomic E-state index is 9.99. The number of hydrogen-bond acceptors (Lipinski definition) is 6. The van der Waals surface area contributed by atoms with Crippen molar-refractivity contribution in [2.24, 2.45) is 0 Å². The lowest BCUT2D eigenvalue weighted by molar-refractivity contribution is 0.0831. The third-order valence-corrected chi connectivity index (χ3v) is 5.64. The number of aliphatic hydroxyl groups is 2. The van der Waals surface area contributed by atoms with E-state index in [-0.39, 0.29) is 13.2 Å². The molecule has 10 heteroatoms. The number of benzene rings is 2. The second-order valence-electron chi connectivity index (χ2n) is 8.41. The van der Waals surface area contributed by atoms with Gasteiger partial charge in [0.25, 0.3) is 0 Å².